The van der Waals surface area contributed by atoms with Crippen molar-refractivity contribution >= 4 is 0 Å². The maximum atomic E-state index is 11.4. The molecular formula is C11H8N2O3. The Morgan fingerprint density at radius 3 is 2.31 bits per heavy atom. The summed E-state index contributed by atoms with van der Waals surface area (Å²) in [6, 6.07) is 13.0. The first-order valence-electron chi connectivity index (χ1n) is 4.62. The number of hydrogen-bond acceptors (Lipinski definition) is 3. The Balaban J connectivity index is 2.71. The normalized spacial score (nSPS) is 10.0. The van der Waals surface area contributed by atoms with E-state index in [1.807, 2.05) is 0 Å². The van der Waals surface area contributed by atoms with Gasteiger partial charge in [-0.2, -0.15) is 0 Å². The second kappa shape index (κ2) is 3.98. The van der Waals surface area contributed by atoms with Crippen LogP contribution < -0.4 is 5.56 Å². The second-order valence-corrected chi connectivity index (χ2v) is 3.16. The Bertz CT molecular complexity index is 575. The maximum Gasteiger partial charge on any atom is 0.312 e. The minimum atomic E-state index is -0.718. The number of rotatable bonds is 2. The van der Waals surface area contributed by atoms with Crippen LogP contribution in [-0.2, 0) is 0 Å². The Morgan fingerprint density at radius 2 is 1.69 bits per heavy atom. The van der Waals surface area contributed by atoms with E-state index in [0.29, 0.717) is 10.2 Å². The molecule has 0 radical (unpaired) electrons. The summed E-state index contributed by atoms with van der Waals surface area (Å²) in [7, 11) is 0. The van der Waals surface area contributed by atoms with Gasteiger partial charge in [-0.3, -0.25) is 4.79 Å². The Labute approximate surface area is 90.7 Å². The molecule has 0 bridgehead atoms. The number of nitrogens with zero attached hydrogens (tertiary/aromatic N) is 2. The fraction of sp³-hybridized carbons (Fsp3) is 0. The van der Waals surface area contributed by atoms with E-state index in [9.17, 15) is 14.9 Å². The molecular weight excluding hydrogens is 208 g/mol. The van der Waals surface area contributed by atoms with E-state index in [1.54, 1.807) is 36.4 Å². The second-order valence-electron chi connectivity index (χ2n) is 3.16. The Hall–Kier alpha value is -2.43. The predicted molar refractivity (Wildman–Crippen MR) is 58.5 cm³/mol. The minimum Gasteiger partial charge on any atom is -0.263 e. The van der Waals surface area contributed by atoms with E-state index >= 15 is 0 Å². The summed E-state index contributed by atoms with van der Waals surface area (Å²) in [4.78, 5) is 22.2. The fourth-order valence-corrected chi connectivity index (χ4v) is 1.48. The number of aromatic nitrogens is 1. The zero-order valence-corrected chi connectivity index (χ0v) is 8.24. The lowest BCUT2D eigenvalue weighted by atomic mass is 10.1. The number of nitro groups is 1. The molecule has 0 fully saturated rings. The van der Waals surface area contributed by atoms with Crippen molar-refractivity contribution in [3.05, 3.63) is 69.0 Å². The van der Waals surface area contributed by atoms with E-state index in [4.69, 9.17) is 0 Å². The average Bonchev–Trinajstić information content (AvgIpc) is 2.29. The first kappa shape index (κ1) is 10.1. The average molecular weight is 216 g/mol. The van der Waals surface area contributed by atoms with Crippen molar-refractivity contribution in [1.29, 1.82) is 0 Å². The molecule has 80 valence electrons. The molecule has 1 heterocycles. The van der Waals surface area contributed by atoms with Crippen LogP contribution in [0.15, 0.2) is 53.3 Å². The van der Waals surface area contributed by atoms with Gasteiger partial charge in [0.15, 0.2) is 5.03 Å². The molecule has 2 rings (SSSR count). The smallest absolute Gasteiger partial charge is 0.263 e. The van der Waals surface area contributed by atoms with Crippen LogP contribution in [0.25, 0.3) is 11.3 Å². The number of hydrogen-bond donors (Lipinski definition) is 0. The maximum absolute atomic E-state index is 11.4. The lowest BCUT2D eigenvalue weighted by Gasteiger charge is -2.03. The van der Waals surface area contributed by atoms with Gasteiger partial charge in [0.25, 0.3) is 0 Å². The highest BCUT2D eigenvalue weighted by Gasteiger charge is 2.13. The molecule has 1 aromatic heterocycles. The zero-order valence-electron chi connectivity index (χ0n) is 8.24. The molecule has 1 aromatic carbocycles. The SMILES string of the molecule is O=c1cccc(-c2ccccc2)n1[N+](=O)[O-]. The third-order valence-electron chi connectivity index (χ3n) is 2.16. The predicted octanol–water partition coefficient (Wildman–Crippen LogP) is 1.56. The summed E-state index contributed by atoms with van der Waals surface area (Å²) in [5.41, 5.74) is 0.265. The van der Waals surface area contributed by atoms with Crippen molar-refractivity contribution in [2.75, 3.05) is 0 Å². The van der Waals surface area contributed by atoms with Crippen molar-refractivity contribution in [3.8, 4) is 11.3 Å². The highest BCUT2D eigenvalue weighted by molar-refractivity contribution is 5.58. The van der Waals surface area contributed by atoms with Gasteiger partial charge in [-0.1, -0.05) is 36.4 Å². The van der Waals surface area contributed by atoms with Crippen LogP contribution in [0.4, 0.5) is 0 Å². The van der Waals surface area contributed by atoms with Gasteiger partial charge in [-0.05, 0) is 10.7 Å². The Morgan fingerprint density at radius 1 is 1.00 bits per heavy atom. The molecule has 0 unspecified atom stereocenters. The lowest BCUT2D eigenvalue weighted by molar-refractivity contribution is -0.543. The lowest BCUT2D eigenvalue weighted by Crippen LogP contribution is -2.26. The van der Waals surface area contributed by atoms with Gasteiger partial charge >= 0.3 is 5.56 Å². The zero-order chi connectivity index (χ0) is 11.5. The standard InChI is InChI=1S/C11H8N2O3/c14-11-8-4-7-10(12(11)13(15)16)9-5-2-1-3-6-9/h1-8H. The molecule has 5 heteroatoms. The highest BCUT2D eigenvalue weighted by atomic mass is 16.7. The van der Waals surface area contributed by atoms with E-state index in [-0.39, 0.29) is 5.69 Å². The molecule has 0 saturated carbocycles. The van der Waals surface area contributed by atoms with Crippen LogP contribution >= 0.6 is 0 Å². The minimum absolute atomic E-state index is 0.276. The highest BCUT2D eigenvalue weighted by Crippen LogP contribution is 2.16. The third-order valence-corrected chi connectivity index (χ3v) is 2.16. The molecule has 0 aliphatic heterocycles. The first-order chi connectivity index (χ1) is 7.70. The van der Waals surface area contributed by atoms with Crippen LogP contribution in [0.1, 0.15) is 0 Å². The topological polar surface area (TPSA) is 65.1 Å². The third kappa shape index (κ3) is 1.70. The Kier molecular flexibility index (Phi) is 2.51. The van der Waals surface area contributed by atoms with Crippen LogP contribution in [0, 0.1) is 10.1 Å². The molecule has 2 aromatic rings. The number of pyridine rings is 1. The summed E-state index contributed by atoms with van der Waals surface area (Å²) in [5.74, 6) is 0. The van der Waals surface area contributed by atoms with Crippen molar-refractivity contribution in [2.45, 2.75) is 0 Å². The van der Waals surface area contributed by atoms with Gasteiger partial charge in [0.1, 0.15) is 5.69 Å². The fourth-order valence-electron chi connectivity index (χ4n) is 1.48. The van der Waals surface area contributed by atoms with Crippen molar-refractivity contribution in [1.82, 2.24) is 4.68 Å². The summed E-state index contributed by atoms with van der Waals surface area (Å²) < 4.78 is 0.537. The molecule has 0 atom stereocenters. The molecule has 0 aliphatic carbocycles. The molecule has 0 aliphatic rings. The first-order valence-corrected chi connectivity index (χ1v) is 4.62. The van der Waals surface area contributed by atoms with E-state index in [0.717, 1.165) is 6.07 Å². The molecule has 5 nitrogen and oxygen atoms in total. The van der Waals surface area contributed by atoms with E-state index in [2.05, 4.69) is 0 Å². The van der Waals surface area contributed by atoms with Gasteiger partial charge in [-0.15, -0.1) is 0 Å². The van der Waals surface area contributed by atoms with Gasteiger partial charge in [0.05, 0.1) is 0 Å². The summed E-state index contributed by atoms with van der Waals surface area (Å²) in [6.45, 7) is 0. The summed E-state index contributed by atoms with van der Waals surface area (Å²) >= 11 is 0. The molecule has 0 spiro atoms. The number of benzene rings is 1. The van der Waals surface area contributed by atoms with Crippen LogP contribution in [0.2, 0.25) is 0 Å². The molecule has 0 saturated heterocycles. The largest absolute Gasteiger partial charge is 0.312 e. The van der Waals surface area contributed by atoms with E-state index < -0.39 is 10.6 Å². The summed E-state index contributed by atoms with van der Waals surface area (Å²) in [5, 5.41) is 10.1. The van der Waals surface area contributed by atoms with Crippen LogP contribution in [0.3, 0.4) is 0 Å². The van der Waals surface area contributed by atoms with Crippen molar-refractivity contribution in [3.63, 3.8) is 0 Å². The quantitative estimate of drug-likeness (QED) is 0.565. The van der Waals surface area contributed by atoms with E-state index in [1.165, 1.54) is 6.07 Å². The molecule has 16 heavy (non-hydrogen) atoms. The monoisotopic (exact) mass is 216 g/mol. The van der Waals surface area contributed by atoms with Crippen molar-refractivity contribution < 1.29 is 5.03 Å². The van der Waals surface area contributed by atoms with Crippen LogP contribution in [-0.4, -0.2) is 9.71 Å². The molecule has 0 N–H and O–H groups in total. The van der Waals surface area contributed by atoms with Crippen molar-refractivity contribution in [2.24, 2.45) is 0 Å². The summed E-state index contributed by atoms with van der Waals surface area (Å²) in [6.07, 6.45) is 0. The van der Waals surface area contributed by atoms with Gasteiger partial charge < -0.3 is 0 Å². The van der Waals surface area contributed by atoms with Gasteiger partial charge in [0.2, 0.25) is 0 Å². The van der Waals surface area contributed by atoms with Crippen LogP contribution in [0.5, 0.6) is 0 Å². The van der Waals surface area contributed by atoms with Gasteiger partial charge in [-0.25, -0.2) is 10.1 Å². The van der Waals surface area contributed by atoms with Gasteiger partial charge in [0, 0.05) is 11.6 Å². The molecule has 0 amide bonds.